The van der Waals surface area contributed by atoms with Crippen molar-refractivity contribution in [3.05, 3.63) is 70.7 Å². The van der Waals surface area contributed by atoms with Crippen molar-refractivity contribution in [2.75, 3.05) is 0 Å². The highest BCUT2D eigenvalue weighted by Gasteiger charge is 2.20. The van der Waals surface area contributed by atoms with Gasteiger partial charge >= 0.3 is 10.1 Å². The first-order valence-electron chi connectivity index (χ1n) is 7.34. The van der Waals surface area contributed by atoms with Crippen LogP contribution >= 0.6 is 23.2 Å². The maximum atomic E-state index is 12.6. The predicted octanol–water partition coefficient (Wildman–Crippen LogP) is 5.40. The third-order valence-corrected chi connectivity index (χ3v) is 5.48. The normalized spacial score (nSPS) is 11.9. The Bertz CT molecular complexity index is 1200. The fourth-order valence-corrected chi connectivity index (χ4v) is 4.42. The summed E-state index contributed by atoms with van der Waals surface area (Å²) in [5, 5.41) is 2.32. The third kappa shape index (κ3) is 2.95. The molecule has 0 bridgehead atoms. The Kier molecular flexibility index (Phi) is 3.87. The van der Waals surface area contributed by atoms with Crippen LogP contribution in [-0.4, -0.2) is 13.4 Å². The van der Waals surface area contributed by atoms with Gasteiger partial charge in [0.2, 0.25) is 0 Å². The van der Waals surface area contributed by atoms with Gasteiger partial charge < -0.3 is 9.17 Å². The van der Waals surface area contributed by atoms with Crippen molar-refractivity contribution >= 4 is 55.1 Å². The van der Waals surface area contributed by atoms with Crippen LogP contribution in [0.5, 0.6) is 5.75 Å². The highest BCUT2D eigenvalue weighted by atomic mass is 35.5. The van der Waals surface area contributed by atoms with Crippen LogP contribution in [0.25, 0.3) is 21.8 Å². The first-order chi connectivity index (χ1) is 11.9. The summed E-state index contributed by atoms with van der Waals surface area (Å²) < 4.78 is 30.6. The smallest absolute Gasteiger partial charge is 0.339 e. The number of hydrogen-bond acceptors (Lipinski definition) is 3. The van der Waals surface area contributed by atoms with Crippen molar-refractivity contribution in [1.29, 1.82) is 0 Å². The number of halogens is 2. The fourth-order valence-electron chi connectivity index (χ4n) is 2.75. The maximum absolute atomic E-state index is 12.6. The van der Waals surface area contributed by atoms with E-state index < -0.39 is 10.1 Å². The molecule has 126 valence electrons. The van der Waals surface area contributed by atoms with Gasteiger partial charge in [-0.25, -0.2) is 0 Å². The van der Waals surface area contributed by atoms with E-state index in [9.17, 15) is 8.42 Å². The van der Waals surface area contributed by atoms with Crippen LogP contribution in [0.15, 0.2) is 65.6 Å². The maximum Gasteiger partial charge on any atom is 0.339 e. The second kappa shape index (κ2) is 5.95. The van der Waals surface area contributed by atoms with Crippen molar-refractivity contribution in [2.45, 2.75) is 4.90 Å². The number of aromatic nitrogens is 1. The summed E-state index contributed by atoms with van der Waals surface area (Å²) in [4.78, 5) is 3.10. The Morgan fingerprint density at radius 2 is 1.52 bits per heavy atom. The van der Waals surface area contributed by atoms with Gasteiger partial charge in [0, 0.05) is 26.3 Å². The number of fused-ring (bicyclic) bond motifs is 3. The second-order valence-corrected chi connectivity index (χ2v) is 7.91. The molecule has 0 spiro atoms. The number of H-pyrrole nitrogens is 1. The molecule has 4 rings (SSSR count). The van der Waals surface area contributed by atoms with Crippen molar-refractivity contribution in [3.8, 4) is 5.75 Å². The van der Waals surface area contributed by atoms with Gasteiger partial charge in [-0.1, -0.05) is 53.5 Å². The molecule has 0 fully saturated rings. The van der Waals surface area contributed by atoms with Gasteiger partial charge in [0.1, 0.15) is 4.90 Å². The topological polar surface area (TPSA) is 59.2 Å². The SMILES string of the molecule is O=S(=O)(Oc1cccc2c1[nH]c1ccccc12)c1cc(Cl)cc(Cl)c1. The molecule has 4 aromatic rings. The van der Waals surface area contributed by atoms with E-state index in [4.69, 9.17) is 27.4 Å². The van der Waals surface area contributed by atoms with Gasteiger partial charge in [-0.3, -0.25) is 0 Å². The molecular weight excluding hydrogens is 381 g/mol. The largest absolute Gasteiger partial charge is 0.377 e. The minimum Gasteiger partial charge on any atom is -0.377 e. The van der Waals surface area contributed by atoms with Crippen LogP contribution < -0.4 is 4.18 Å². The Morgan fingerprint density at radius 1 is 0.840 bits per heavy atom. The zero-order valence-corrected chi connectivity index (χ0v) is 15.0. The van der Waals surface area contributed by atoms with E-state index in [-0.39, 0.29) is 20.7 Å². The Balaban J connectivity index is 1.85. The number of rotatable bonds is 3. The molecule has 0 unspecified atom stereocenters. The molecule has 0 saturated heterocycles. The van der Waals surface area contributed by atoms with Crippen LogP contribution in [0.1, 0.15) is 0 Å². The van der Waals surface area contributed by atoms with Crippen LogP contribution in [0, 0.1) is 0 Å². The van der Waals surface area contributed by atoms with Crippen molar-refractivity contribution < 1.29 is 12.6 Å². The number of benzene rings is 3. The molecule has 0 aliphatic rings. The van der Waals surface area contributed by atoms with Crippen LogP contribution in [0.2, 0.25) is 10.0 Å². The summed E-state index contributed by atoms with van der Waals surface area (Å²) in [7, 11) is -4.08. The predicted molar refractivity (Wildman–Crippen MR) is 100 cm³/mol. The molecule has 1 N–H and O–H groups in total. The zero-order chi connectivity index (χ0) is 17.6. The molecule has 1 heterocycles. The van der Waals surface area contributed by atoms with E-state index in [0.29, 0.717) is 5.52 Å². The number of hydrogen-bond donors (Lipinski definition) is 1. The third-order valence-electron chi connectivity index (χ3n) is 3.83. The van der Waals surface area contributed by atoms with E-state index in [2.05, 4.69) is 4.98 Å². The highest BCUT2D eigenvalue weighted by molar-refractivity contribution is 7.87. The molecule has 0 aliphatic carbocycles. The summed E-state index contributed by atoms with van der Waals surface area (Å²) in [6, 6.07) is 17.0. The van der Waals surface area contributed by atoms with Crippen molar-refractivity contribution in [2.24, 2.45) is 0 Å². The molecule has 4 nitrogen and oxygen atoms in total. The van der Waals surface area contributed by atoms with E-state index in [1.807, 2.05) is 30.3 Å². The fraction of sp³-hybridized carbons (Fsp3) is 0. The van der Waals surface area contributed by atoms with Gasteiger partial charge in [0.15, 0.2) is 5.75 Å². The van der Waals surface area contributed by atoms with Gasteiger partial charge in [0.25, 0.3) is 0 Å². The van der Waals surface area contributed by atoms with E-state index >= 15 is 0 Å². The lowest BCUT2D eigenvalue weighted by molar-refractivity contribution is 0.488. The number of para-hydroxylation sites is 2. The lowest BCUT2D eigenvalue weighted by atomic mass is 10.1. The molecule has 25 heavy (non-hydrogen) atoms. The first-order valence-corrected chi connectivity index (χ1v) is 9.50. The van der Waals surface area contributed by atoms with Crippen LogP contribution in [0.3, 0.4) is 0 Å². The van der Waals surface area contributed by atoms with Crippen molar-refractivity contribution in [1.82, 2.24) is 4.98 Å². The molecule has 1 aromatic heterocycles. The summed E-state index contributed by atoms with van der Waals surface area (Å²) in [5.41, 5.74) is 1.51. The molecule has 0 amide bonds. The summed E-state index contributed by atoms with van der Waals surface area (Å²) in [5.74, 6) is 0.213. The monoisotopic (exact) mass is 391 g/mol. The molecular formula is C18H11Cl2NO3S. The quantitative estimate of drug-likeness (QED) is 0.475. The van der Waals surface area contributed by atoms with Gasteiger partial charge in [-0.2, -0.15) is 8.42 Å². The molecule has 3 aromatic carbocycles. The van der Waals surface area contributed by atoms with Gasteiger partial charge in [0.05, 0.1) is 5.52 Å². The average Bonchev–Trinajstić information content (AvgIpc) is 2.94. The molecule has 0 radical (unpaired) electrons. The standard InChI is InChI=1S/C18H11Cl2NO3S/c19-11-8-12(20)10-13(9-11)25(22,23)24-17-7-3-5-15-14-4-1-2-6-16(14)21-18(15)17/h1-10,21H. The Morgan fingerprint density at radius 3 is 2.28 bits per heavy atom. The lowest BCUT2D eigenvalue weighted by Crippen LogP contribution is -2.10. The molecule has 0 atom stereocenters. The molecule has 0 saturated carbocycles. The first kappa shape index (κ1) is 16.3. The van der Waals surface area contributed by atoms with Crippen LogP contribution in [0.4, 0.5) is 0 Å². The minimum absolute atomic E-state index is 0.0990. The van der Waals surface area contributed by atoms with E-state index in [0.717, 1.165) is 16.3 Å². The highest BCUT2D eigenvalue weighted by Crippen LogP contribution is 2.33. The summed E-state index contributed by atoms with van der Waals surface area (Å²) in [6.45, 7) is 0. The number of aromatic amines is 1. The second-order valence-electron chi connectivity index (χ2n) is 5.49. The van der Waals surface area contributed by atoms with Gasteiger partial charge in [-0.05, 0) is 30.3 Å². The lowest BCUT2D eigenvalue weighted by Gasteiger charge is -2.09. The average molecular weight is 392 g/mol. The van der Waals surface area contributed by atoms with Crippen LogP contribution in [-0.2, 0) is 10.1 Å². The Labute approximate surface area is 154 Å². The zero-order valence-electron chi connectivity index (χ0n) is 12.7. The van der Waals surface area contributed by atoms with Crippen molar-refractivity contribution in [3.63, 3.8) is 0 Å². The molecule has 7 heteroatoms. The van der Waals surface area contributed by atoms with E-state index in [1.54, 1.807) is 12.1 Å². The Hall–Kier alpha value is -2.21. The summed E-state index contributed by atoms with van der Waals surface area (Å²) >= 11 is 11.8. The van der Waals surface area contributed by atoms with E-state index in [1.165, 1.54) is 18.2 Å². The number of nitrogens with one attached hydrogen (secondary N) is 1. The summed E-state index contributed by atoms with van der Waals surface area (Å²) in [6.07, 6.45) is 0. The minimum atomic E-state index is -4.08. The molecule has 0 aliphatic heterocycles. The van der Waals surface area contributed by atoms with Gasteiger partial charge in [-0.15, -0.1) is 0 Å².